The number of ether oxygens (including phenoxy) is 1. The third-order valence-electron chi connectivity index (χ3n) is 2.94. The number of aliphatic hydroxyl groups is 4. The van der Waals surface area contributed by atoms with Gasteiger partial charge in [-0.1, -0.05) is 0 Å². The van der Waals surface area contributed by atoms with Gasteiger partial charge in [0.25, 0.3) is 0 Å². The van der Waals surface area contributed by atoms with Gasteiger partial charge in [-0.3, -0.25) is 4.90 Å². The van der Waals surface area contributed by atoms with Gasteiger partial charge in [-0.25, -0.2) is 4.79 Å². The lowest BCUT2D eigenvalue weighted by atomic mass is 9.98. The van der Waals surface area contributed by atoms with Crippen molar-refractivity contribution in [2.45, 2.75) is 30.6 Å². The fourth-order valence-corrected chi connectivity index (χ4v) is 1.89. The summed E-state index contributed by atoms with van der Waals surface area (Å²) in [6, 6.07) is -0.551. The van der Waals surface area contributed by atoms with Gasteiger partial charge in [0.1, 0.15) is 24.4 Å². The highest BCUT2D eigenvalue weighted by atomic mass is 35.5. The van der Waals surface area contributed by atoms with Crippen LogP contribution in [0, 0.1) is 0 Å². The molecule has 1 rings (SSSR count). The number of nitrogens with zero attached hydrogens (tertiary/aromatic N) is 1. The SMILES string of the molecule is CN(C(=O)NCCCl)[C@@H]1O[C@H](CO)[C@@H](O)[C@H](O)[C@H]1O. The molecule has 9 heteroatoms. The average molecular weight is 299 g/mol. The largest absolute Gasteiger partial charge is 0.394 e. The van der Waals surface area contributed by atoms with E-state index in [0.717, 1.165) is 4.90 Å². The Hall–Kier alpha value is -0.640. The number of aliphatic hydroxyl groups excluding tert-OH is 4. The molecule has 5 N–H and O–H groups in total. The lowest BCUT2D eigenvalue weighted by Gasteiger charge is -2.43. The fourth-order valence-electron chi connectivity index (χ4n) is 1.80. The molecular formula is C10H19ClN2O6. The van der Waals surface area contributed by atoms with E-state index in [1.807, 2.05) is 0 Å². The van der Waals surface area contributed by atoms with Crippen LogP contribution in [0.3, 0.4) is 0 Å². The van der Waals surface area contributed by atoms with Crippen molar-refractivity contribution in [3.05, 3.63) is 0 Å². The van der Waals surface area contributed by atoms with Crippen LogP contribution in [0.25, 0.3) is 0 Å². The maximum absolute atomic E-state index is 11.7. The van der Waals surface area contributed by atoms with Gasteiger partial charge in [0.15, 0.2) is 6.23 Å². The number of hydrogen-bond acceptors (Lipinski definition) is 6. The first-order valence-electron chi connectivity index (χ1n) is 5.81. The number of halogens is 1. The lowest BCUT2D eigenvalue weighted by molar-refractivity contribution is -0.254. The lowest BCUT2D eigenvalue weighted by Crippen LogP contribution is -2.64. The van der Waals surface area contributed by atoms with Crippen LogP contribution in [0.5, 0.6) is 0 Å². The van der Waals surface area contributed by atoms with E-state index in [9.17, 15) is 20.1 Å². The number of rotatable bonds is 4. The Morgan fingerprint density at radius 1 is 1.32 bits per heavy atom. The zero-order valence-electron chi connectivity index (χ0n) is 10.4. The van der Waals surface area contributed by atoms with Crippen LogP contribution in [-0.2, 0) is 4.74 Å². The number of nitrogens with one attached hydrogen (secondary N) is 1. The Labute approximate surface area is 115 Å². The molecule has 0 aromatic rings. The summed E-state index contributed by atoms with van der Waals surface area (Å²) in [6.45, 7) is -0.305. The minimum atomic E-state index is -1.51. The van der Waals surface area contributed by atoms with Crippen LogP contribution < -0.4 is 5.32 Å². The maximum Gasteiger partial charge on any atom is 0.319 e. The molecule has 1 aliphatic heterocycles. The molecule has 0 aliphatic carbocycles. The number of alkyl halides is 1. The number of carbonyl (C=O) groups is 1. The molecule has 0 unspecified atom stereocenters. The van der Waals surface area contributed by atoms with Gasteiger partial charge in [-0.05, 0) is 0 Å². The summed E-state index contributed by atoms with van der Waals surface area (Å²) in [5.41, 5.74) is 0. The van der Waals surface area contributed by atoms with Crippen molar-refractivity contribution in [2.24, 2.45) is 0 Å². The first-order chi connectivity index (χ1) is 8.93. The van der Waals surface area contributed by atoms with E-state index < -0.39 is 43.3 Å². The van der Waals surface area contributed by atoms with Crippen molar-refractivity contribution < 1.29 is 30.0 Å². The zero-order chi connectivity index (χ0) is 14.6. The summed E-state index contributed by atoms with van der Waals surface area (Å²) < 4.78 is 5.22. The molecule has 0 spiro atoms. The number of urea groups is 1. The van der Waals surface area contributed by atoms with E-state index in [4.69, 9.17) is 21.4 Å². The highest BCUT2D eigenvalue weighted by Crippen LogP contribution is 2.22. The van der Waals surface area contributed by atoms with Crippen LogP contribution >= 0.6 is 11.6 Å². The molecular weight excluding hydrogens is 280 g/mol. The second-order valence-electron chi connectivity index (χ2n) is 4.25. The summed E-state index contributed by atoms with van der Waals surface area (Å²) in [4.78, 5) is 12.7. The number of amides is 2. The molecule has 1 heterocycles. The van der Waals surface area contributed by atoms with Crippen molar-refractivity contribution in [3.8, 4) is 0 Å². The molecule has 0 radical (unpaired) electrons. The Morgan fingerprint density at radius 2 is 1.95 bits per heavy atom. The number of carbonyl (C=O) groups excluding carboxylic acids is 1. The van der Waals surface area contributed by atoms with Crippen molar-refractivity contribution in [3.63, 3.8) is 0 Å². The summed E-state index contributed by atoms with van der Waals surface area (Å²) in [5.74, 6) is 0.230. The monoisotopic (exact) mass is 298 g/mol. The Balaban J connectivity index is 2.72. The summed E-state index contributed by atoms with van der Waals surface area (Å²) in [6.07, 6.45) is -6.67. The van der Waals surface area contributed by atoms with E-state index in [1.54, 1.807) is 0 Å². The van der Waals surface area contributed by atoms with Gasteiger partial charge in [-0.15, -0.1) is 11.6 Å². The first-order valence-corrected chi connectivity index (χ1v) is 6.34. The predicted molar refractivity (Wildman–Crippen MR) is 65.6 cm³/mol. The van der Waals surface area contributed by atoms with Gasteiger partial charge in [0.05, 0.1) is 6.61 Å². The highest BCUT2D eigenvalue weighted by molar-refractivity contribution is 6.18. The molecule has 112 valence electrons. The number of likely N-dealkylation sites (N-methyl/N-ethyl adjacent to an activating group) is 1. The van der Waals surface area contributed by atoms with Gasteiger partial charge >= 0.3 is 6.03 Å². The molecule has 0 aromatic carbocycles. The third-order valence-corrected chi connectivity index (χ3v) is 3.13. The second kappa shape index (κ2) is 7.22. The average Bonchev–Trinajstić information content (AvgIpc) is 2.42. The van der Waals surface area contributed by atoms with E-state index in [0.29, 0.717) is 0 Å². The number of hydrogen-bond donors (Lipinski definition) is 5. The highest BCUT2D eigenvalue weighted by Gasteiger charge is 2.45. The Bertz CT molecular complexity index is 306. The van der Waals surface area contributed by atoms with E-state index >= 15 is 0 Å². The van der Waals surface area contributed by atoms with Crippen molar-refractivity contribution >= 4 is 17.6 Å². The van der Waals surface area contributed by atoms with Gasteiger partial charge in [-0.2, -0.15) is 0 Å². The quantitative estimate of drug-likeness (QED) is 0.371. The minimum Gasteiger partial charge on any atom is -0.394 e. The van der Waals surface area contributed by atoms with Gasteiger partial charge < -0.3 is 30.5 Å². The summed E-state index contributed by atoms with van der Waals surface area (Å²) >= 11 is 5.43. The Kier molecular flexibility index (Phi) is 6.24. The molecule has 0 saturated carbocycles. The van der Waals surface area contributed by atoms with Crippen LogP contribution in [0.4, 0.5) is 4.79 Å². The standard InChI is InChI=1S/C10H19ClN2O6/c1-13(10(18)12-3-2-11)9-8(17)7(16)6(15)5(4-14)19-9/h5-9,14-17H,2-4H2,1H3,(H,12,18)/t5-,6-,7+,8-,9-/m1/s1. The van der Waals surface area contributed by atoms with Gasteiger partial charge in [0, 0.05) is 19.5 Å². The fraction of sp³-hybridized carbons (Fsp3) is 0.900. The third kappa shape index (κ3) is 3.68. The van der Waals surface area contributed by atoms with E-state index in [2.05, 4.69) is 5.32 Å². The molecule has 8 nitrogen and oxygen atoms in total. The molecule has 5 atom stereocenters. The van der Waals surface area contributed by atoms with Crippen LogP contribution in [0.15, 0.2) is 0 Å². The molecule has 1 aliphatic rings. The van der Waals surface area contributed by atoms with Crippen LogP contribution in [0.1, 0.15) is 0 Å². The summed E-state index contributed by atoms with van der Waals surface area (Å²) in [5, 5.41) is 40.5. The molecule has 0 aromatic heterocycles. The Morgan fingerprint density at radius 3 is 2.47 bits per heavy atom. The second-order valence-corrected chi connectivity index (χ2v) is 4.63. The van der Waals surface area contributed by atoms with Crippen LogP contribution in [-0.4, -0.2) is 88.1 Å². The molecule has 1 fully saturated rings. The predicted octanol–water partition coefficient (Wildman–Crippen LogP) is -2.33. The van der Waals surface area contributed by atoms with Crippen LogP contribution in [0.2, 0.25) is 0 Å². The summed E-state index contributed by atoms with van der Waals surface area (Å²) in [7, 11) is 1.36. The van der Waals surface area contributed by atoms with Gasteiger partial charge in [0.2, 0.25) is 0 Å². The topological polar surface area (TPSA) is 122 Å². The maximum atomic E-state index is 11.7. The molecule has 1 saturated heterocycles. The minimum absolute atomic E-state index is 0.230. The van der Waals surface area contributed by atoms with Crippen molar-refractivity contribution in [1.29, 1.82) is 0 Å². The van der Waals surface area contributed by atoms with E-state index in [1.165, 1.54) is 7.05 Å². The first kappa shape index (κ1) is 16.4. The van der Waals surface area contributed by atoms with Crippen molar-refractivity contribution in [1.82, 2.24) is 10.2 Å². The molecule has 0 bridgehead atoms. The smallest absolute Gasteiger partial charge is 0.319 e. The zero-order valence-corrected chi connectivity index (χ0v) is 11.2. The van der Waals surface area contributed by atoms with Crippen molar-refractivity contribution in [2.75, 3.05) is 26.1 Å². The normalized spacial score (nSPS) is 34.9. The molecule has 19 heavy (non-hydrogen) atoms. The van der Waals surface area contributed by atoms with E-state index in [-0.39, 0.29) is 12.4 Å². The molecule has 2 amide bonds.